The van der Waals surface area contributed by atoms with Crippen molar-refractivity contribution < 1.29 is 9.90 Å². The average Bonchev–Trinajstić information content (AvgIpc) is 2.18. The van der Waals surface area contributed by atoms with Crippen molar-refractivity contribution in [3.05, 3.63) is 34.4 Å². The fraction of sp³-hybridized carbons (Fsp3) is 0.333. The first kappa shape index (κ1) is 11.3. The van der Waals surface area contributed by atoms with Crippen LogP contribution in [0.15, 0.2) is 12.1 Å². The molecule has 15 heavy (non-hydrogen) atoms. The molecule has 78 valence electrons. The lowest BCUT2D eigenvalue weighted by atomic mass is 9.93. The van der Waals surface area contributed by atoms with Gasteiger partial charge in [-0.25, -0.2) is 0 Å². The van der Waals surface area contributed by atoms with Gasteiger partial charge in [-0.15, -0.1) is 0 Å². The van der Waals surface area contributed by atoms with E-state index in [0.29, 0.717) is 11.1 Å². The molecule has 0 radical (unpaired) electrons. The van der Waals surface area contributed by atoms with Crippen molar-refractivity contribution in [2.45, 2.75) is 26.7 Å². The van der Waals surface area contributed by atoms with Crippen LogP contribution in [0.4, 0.5) is 0 Å². The molecule has 0 aliphatic rings. The molecule has 0 spiro atoms. The number of rotatable bonds is 3. The van der Waals surface area contributed by atoms with Gasteiger partial charge < -0.3 is 5.11 Å². The highest BCUT2D eigenvalue weighted by molar-refractivity contribution is 5.72. The van der Waals surface area contributed by atoms with Crippen LogP contribution in [-0.2, 0) is 17.6 Å². The van der Waals surface area contributed by atoms with Crippen molar-refractivity contribution >= 4 is 5.97 Å². The first-order valence-corrected chi connectivity index (χ1v) is 4.83. The van der Waals surface area contributed by atoms with Crippen LogP contribution in [0.25, 0.3) is 0 Å². The maximum absolute atomic E-state index is 10.7. The average molecular weight is 203 g/mol. The lowest BCUT2D eigenvalue weighted by molar-refractivity contribution is -0.136. The Morgan fingerprint density at radius 1 is 1.47 bits per heavy atom. The van der Waals surface area contributed by atoms with Gasteiger partial charge >= 0.3 is 5.97 Å². The summed E-state index contributed by atoms with van der Waals surface area (Å²) in [5, 5.41) is 17.7. The van der Waals surface area contributed by atoms with E-state index in [1.54, 1.807) is 6.07 Å². The molecule has 3 nitrogen and oxygen atoms in total. The Kier molecular flexibility index (Phi) is 3.46. The van der Waals surface area contributed by atoms with E-state index < -0.39 is 5.97 Å². The van der Waals surface area contributed by atoms with Gasteiger partial charge in [-0.3, -0.25) is 4.79 Å². The lowest BCUT2D eigenvalue weighted by Gasteiger charge is -2.10. The number of carboxylic acid groups (broad SMARTS) is 1. The first-order valence-electron chi connectivity index (χ1n) is 4.83. The minimum Gasteiger partial charge on any atom is -0.481 e. The lowest BCUT2D eigenvalue weighted by Crippen LogP contribution is -2.07. The van der Waals surface area contributed by atoms with Crippen molar-refractivity contribution in [3.8, 4) is 6.07 Å². The maximum atomic E-state index is 10.7. The van der Waals surface area contributed by atoms with Gasteiger partial charge in [0.1, 0.15) is 0 Å². The topological polar surface area (TPSA) is 61.1 Å². The molecular formula is C12H13NO2. The first-order chi connectivity index (χ1) is 7.10. The predicted octanol–water partition coefficient (Wildman–Crippen LogP) is 2.06. The fourth-order valence-corrected chi connectivity index (χ4v) is 1.76. The van der Waals surface area contributed by atoms with Gasteiger partial charge in [0.15, 0.2) is 0 Å². The number of aryl methyl sites for hydroxylation is 1. The minimum atomic E-state index is -0.896. The van der Waals surface area contributed by atoms with Crippen molar-refractivity contribution in [2.24, 2.45) is 0 Å². The zero-order chi connectivity index (χ0) is 11.4. The molecule has 3 heteroatoms. The number of hydrogen-bond acceptors (Lipinski definition) is 2. The number of benzene rings is 1. The molecule has 0 bridgehead atoms. The van der Waals surface area contributed by atoms with Crippen LogP contribution in [-0.4, -0.2) is 11.1 Å². The summed E-state index contributed by atoms with van der Waals surface area (Å²) in [5.41, 5.74) is 3.16. The Hall–Kier alpha value is -1.82. The largest absolute Gasteiger partial charge is 0.481 e. The van der Waals surface area contributed by atoms with Gasteiger partial charge in [0.05, 0.1) is 18.1 Å². The highest BCUT2D eigenvalue weighted by atomic mass is 16.4. The number of aliphatic carboxylic acids is 1. The van der Waals surface area contributed by atoms with Gasteiger partial charge in [-0.05, 0) is 36.1 Å². The molecule has 1 aromatic rings. The summed E-state index contributed by atoms with van der Waals surface area (Å²) >= 11 is 0. The van der Waals surface area contributed by atoms with Crippen LogP contribution in [0, 0.1) is 18.3 Å². The number of hydrogen-bond donors (Lipinski definition) is 1. The fourth-order valence-electron chi connectivity index (χ4n) is 1.76. The molecular weight excluding hydrogens is 190 g/mol. The number of nitrogens with zero attached hydrogens (tertiary/aromatic N) is 1. The summed E-state index contributed by atoms with van der Waals surface area (Å²) in [4.78, 5) is 10.7. The summed E-state index contributed by atoms with van der Waals surface area (Å²) in [5.74, 6) is -0.896. The Balaban J connectivity index is 3.35. The third-order valence-electron chi connectivity index (χ3n) is 2.47. The molecule has 1 aromatic carbocycles. The quantitative estimate of drug-likeness (QED) is 0.817. The Labute approximate surface area is 89.0 Å². The van der Waals surface area contributed by atoms with Crippen LogP contribution in [0.5, 0.6) is 0 Å². The zero-order valence-corrected chi connectivity index (χ0v) is 8.87. The number of carbonyl (C=O) groups is 1. The summed E-state index contributed by atoms with van der Waals surface area (Å²) in [7, 11) is 0. The third-order valence-corrected chi connectivity index (χ3v) is 2.47. The van der Waals surface area contributed by atoms with Crippen molar-refractivity contribution in [2.75, 3.05) is 0 Å². The maximum Gasteiger partial charge on any atom is 0.307 e. The van der Waals surface area contributed by atoms with E-state index in [1.807, 2.05) is 26.0 Å². The van der Waals surface area contributed by atoms with Crippen molar-refractivity contribution in [3.63, 3.8) is 0 Å². The standard InChI is InChI=1S/C12H13NO2/c1-3-10-8(2)4-5-9(7-13)11(10)6-12(14)15/h4-5H,3,6H2,1-2H3,(H,14,15). The minimum absolute atomic E-state index is 0.0756. The van der Waals surface area contributed by atoms with Crippen LogP contribution < -0.4 is 0 Å². The van der Waals surface area contributed by atoms with Gasteiger partial charge in [0.2, 0.25) is 0 Å². The Bertz CT molecular complexity index is 430. The normalized spacial score (nSPS) is 9.67. The second-order valence-corrected chi connectivity index (χ2v) is 3.42. The van der Waals surface area contributed by atoms with E-state index in [-0.39, 0.29) is 6.42 Å². The SMILES string of the molecule is CCc1c(C)ccc(C#N)c1CC(=O)O. The van der Waals surface area contributed by atoms with Gasteiger partial charge in [0, 0.05) is 0 Å². The van der Waals surface area contributed by atoms with Crippen LogP contribution in [0.2, 0.25) is 0 Å². The van der Waals surface area contributed by atoms with E-state index in [4.69, 9.17) is 10.4 Å². The monoisotopic (exact) mass is 203 g/mol. The molecule has 0 fully saturated rings. The van der Waals surface area contributed by atoms with Gasteiger partial charge in [-0.1, -0.05) is 13.0 Å². The highest BCUT2D eigenvalue weighted by Crippen LogP contribution is 2.20. The van der Waals surface area contributed by atoms with E-state index >= 15 is 0 Å². The molecule has 0 heterocycles. The second-order valence-electron chi connectivity index (χ2n) is 3.42. The highest BCUT2D eigenvalue weighted by Gasteiger charge is 2.12. The summed E-state index contributed by atoms with van der Waals surface area (Å²) in [6.45, 7) is 3.90. The molecule has 0 unspecified atom stereocenters. The molecule has 0 aromatic heterocycles. The second kappa shape index (κ2) is 4.61. The molecule has 0 saturated carbocycles. The molecule has 0 saturated heterocycles. The smallest absolute Gasteiger partial charge is 0.307 e. The molecule has 0 aliphatic heterocycles. The zero-order valence-electron chi connectivity index (χ0n) is 8.87. The molecule has 1 rings (SSSR count). The molecule has 0 amide bonds. The van der Waals surface area contributed by atoms with E-state index in [2.05, 4.69) is 0 Å². The van der Waals surface area contributed by atoms with E-state index in [9.17, 15) is 4.79 Å². The van der Waals surface area contributed by atoms with E-state index in [0.717, 1.165) is 17.5 Å². The Morgan fingerprint density at radius 3 is 2.60 bits per heavy atom. The van der Waals surface area contributed by atoms with Crippen molar-refractivity contribution in [1.82, 2.24) is 0 Å². The molecule has 1 N–H and O–H groups in total. The summed E-state index contributed by atoms with van der Waals surface area (Å²) in [6, 6.07) is 5.59. The van der Waals surface area contributed by atoms with E-state index in [1.165, 1.54) is 0 Å². The molecule has 0 aliphatic carbocycles. The molecule has 0 atom stereocenters. The Morgan fingerprint density at radius 2 is 2.13 bits per heavy atom. The number of carboxylic acids is 1. The third kappa shape index (κ3) is 2.35. The van der Waals surface area contributed by atoms with Gasteiger partial charge in [-0.2, -0.15) is 5.26 Å². The predicted molar refractivity (Wildman–Crippen MR) is 56.6 cm³/mol. The van der Waals surface area contributed by atoms with Crippen LogP contribution in [0.3, 0.4) is 0 Å². The summed E-state index contributed by atoms with van der Waals surface area (Å²) in [6.07, 6.45) is 0.678. The van der Waals surface area contributed by atoms with Crippen molar-refractivity contribution in [1.29, 1.82) is 5.26 Å². The van der Waals surface area contributed by atoms with Crippen LogP contribution in [0.1, 0.15) is 29.2 Å². The number of nitriles is 1. The van der Waals surface area contributed by atoms with Gasteiger partial charge in [0.25, 0.3) is 0 Å². The summed E-state index contributed by atoms with van der Waals surface area (Å²) < 4.78 is 0. The van der Waals surface area contributed by atoms with Crippen LogP contribution >= 0.6 is 0 Å².